The third-order valence-corrected chi connectivity index (χ3v) is 7.12. The molecule has 1 atom stereocenters. The van der Waals surface area contributed by atoms with Gasteiger partial charge in [-0.25, -0.2) is 0 Å². The lowest BCUT2D eigenvalue weighted by Gasteiger charge is -2.44. The van der Waals surface area contributed by atoms with Gasteiger partial charge in [-0.1, -0.05) is 18.2 Å². The standard InChI is InChI=1S/C23H23N3O2S.ClH/c27-22(16-4-2-1-3-5-16)24-18-6-7-20-17(12-18)13-21(29-20)23(28)25-19-14-26-10-8-15(19)9-11-26;/h1-7,12-13,15,19H,8-11,14H2,(H,24,27)(H,25,28);1H/t19-;/m0./s1. The largest absolute Gasteiger partial charge is 0.347 e. The predicted octanol–water partition coefficient (Wildman–Crippen LogP) is 4.40. The number of nitrogens with zero attached hydrogens (tertiary/aromatic N) is 1. The Balaban J connectivity index is 0.00000218. The summed E-state index contributed by atoms with van der Waals surface area (Å²) in [4.78, 5) is 28.4. The molecule has 0 spiro atoms. The van der Waals surface area contributed by atoms with Crippen LogP contribution in [0.15, 0.2) is 54.6 Å². The van der Waals surface area contributed by atoms with Crippen molar-refractivity contribution in [3.63, 3.8) is 0 Å². The van der Waals surface area contributed by atoms with Crippen LogP contribution in [0.2, 0.25) is 0 Å². The topological polar surface area (TPSA) is 61.4 Å². The summed E-state index contributed by atoms with van der Waals surface area (Å²) in [6.07, 6.45) is 2.36. The molecule has 5 nitrogen and oxygen atoms in total. The monoisotopic (exact) mass is 441 g/mol. The van der Waals surface area contributed by atoms with E-state index in [2.05, 4.69) is 15.5 Å². The van der Waals surface area contributed by atoms with Crippen molar-refractivity contribution in [1.29, 1.82) is 0 Å². The highest BCUT2D eigenvalue weighted by Gasteiger charge is 2.35. The summed E-state index contributed by atoms with van der Waals surface area (Å²) >= 11 is 1.50. The number of amides is 2. The summed E-state index contributed by atoms with van der Waals surface area (Å²) in [5, 5.41) is 7.16. The Morgan fingerprint density at radius 1 is 0.967 bits per heavy atom. The van der Waals surface area contributed by atoms with Crippen LogP contribution in [0.4, 0.5) is 5.69 Å². The molecule has 2 amide bonds. The number of nitrogens with one attached hydrogen (secondary N) is 2. The van der Waals surface area contributed by atoms with Crippen molar-refractivity contribution in [2.24, 2.45) is 5.92 Å². The van der Waals surface area contributed by atoms with Gasteiger partial charge in [0.2, 0.25) is 0 Å². The van der Waals surface area contributed by atoms with Gasteiger partial charge in [0, 0.05) is 28.5 Å². The Morgan fingerprint density at radius 3 is 2.43 bits per heavy atom. The van der Waals surface area contributed by atoms with Crippen molar-refractivity contribution in [3.05, 3.63) is 65.0 Å². The van der Waals surface area contributed by atoms with E-state index in [-0.39, 0.29) is 30.3 Å². The molecule has 3 fully saturated rings. The van der Waals surface area contributed by atoms with Crippen molar-refractivity contribution < 1.29 is 9.59 Å². The molecule has 3 aliphatic heterocycles. The Hall–Kier alpha value is -2.41. The van der Waals surface area contributed by atoms with Gasteiger partial charge in [0.05, 0.1) is 4.88 Å². The first-order valence-corrected chi connectivity index (χ1v) is 10.9. The Kier molecular flexibility index (Phi) is 6.09. The van der Waals surface area contributed by atoms with E-state index in [0.717, 1.165) is 40.3 Å². The second-order valence-electron chi connectivity index (χ2n) is 7.90. The average Bonchev–Trinajstić information content (AvgIpc) is 3.19. The molecule has 2 N–H and O–H groups in total. The van der Waals surface area contributed by atoms with E-state index in [1.807, 2.05) is 42.5 Å². The zero-order chi connectivity index (χ0) is 19.8. The number of carbonyl (C=O) groups is 2. The molecule has 2 bridgehead atoms. The molecule has 0 aliphatic carbocycles. The second kappa shape index (κ2) is 8.76. The lowest BCUT2D eigenvalue weighted by atomic mass is 9.84. The quantitative estimate of drug-likeness (QED) is 0.630. The van der Waals surface area contributed by atoms with E-state index in [9.17, 15) is 9.59 Å². The maximum absolute atomic E-state index is 12.8. The summed E-state index contributed by atoms with van der Waals surface area (Å²) in [7, 11) is 0. The van der Waals surface area contributed by atoms with E-state index in [4.69, 9.17) is 0 Å². The first-order chi connectivity index (χ1) is 14.2. The highest BCUT2D eigenvalue weighted by molar-refractivity contribution is 7.20. The molecule has 0 saturated carbocycles. The Bertz CT molecular complexity index is 1060. The number of thiophene rings is 1. The van der Waals surface area contributed by atoms with Crippen molar-refractivity contribution >= 4 is 51.3 Å². The van der Waals surface area contributed by atoms with Gasteiger partial charge in [-0.3, -0.25) is 9.59 Å². The zero-order valence-electron chi connectivity index (χ0n) is 16.5. The smallest absolute Gasteiger partial charge is 0.261 e. The molecule has 3 aliphatic rings. The summed E-state index contributed by atoms with van der Waals surface area (Å²) < 4.78 is 1.04. The molecule has 3 saturated heterocycles. The van der Waals surface area contributed by atoms with Gasteiger partial charge in [-0.05, 0) is 73.6 Å². The fourth-order valence-corrected chi connectivity index (χ4v) is 5.34. The number of anilines is 1. The summed E-state index contributed by atoms with van der Waals surface area (Å²) in [5.74, 6) is 0.485. The van der Waals surface area contributed by atoms with Crippen molar-refractivity contribution in [2.75, 3.05) is 25.0 Å². The number of rotatable bonds is 4. The second-order valence-corrected chi connectivity index (χ2v) is 8.99. The van der Waals surface area contributed by atoms with Gasteiger partial charge < -0.3 is 15.5 Å². The van der Waals surface area contributed by atoms with Gasteiger partial charge in [-0.15, -0.1) is 23.7 Å². The third kappa shape index (κ3) is 4.21. The lowest BCUT2D eigenvalue weighted by molar-refractivity contribution is 0.0622. The number of hydrogen-bond donors (Lipinski definition) is 2. The molecular weight excluding hydrogens is 418 g/mol. The minimum absolute atomic E-state index is 0. The fourth-order valence-electron chi connectivity index (χ4n) is 4.39. The van der Waals surface area contributed by atoms with Crippen LogP contribution in [0.1, 0.15) is 32.9 Å². The van der Waals surface area contributed by atoms with Gasteiger partial charge in [0.25, 0.3) is 11.8 Å². The normalized spacial score (nSPS) is 22.3. The molecule has 156 valence electrons. The third-order valence-electron chi connectivity index (χ3n) is 6.01. The van der Waals surface area contributed by atoms with Crippen molar-refractivity contribution in [2.45, 2.75) is 18.9 Å². The van der Waals surface area contributed by atoms with Crippen LogP contribution in [0.3, 0.4) is 0 Å². The molecular formula is C23H24ClN3O2S. The van der Waals surface area contributed by atoms with Crippen LogP contribution in [0.5, 0.6) is 0 Å². The Morgan fingerprint density at radius 2 is 1.73 bits per heavy atom. The number of hydrogen-bond acceptors (Lipinski definition) is 4. The highest BCUT2D eigenvalue weighted by atomic mass is 35.5. The van der Waals surface area contributed by atoms with E-state index >= 15 is 0 Å². The minimum Gasteiger partial charge on any atom is -0.347 e. The molecule has 1 aromatic heterocycles. The molecule has 6 rings (SSSR count). The lowest BCUT2D eigenvalue weighted by Crippen LogP contribution is -2.57. The van der Waals surface area contributed by atoms with Crippen LogP contribution in [-0.4, -0.2) is 42.4 Å². The molecule has 0 radical (unpaired) electrons. The summed E-state index contributed by atoms with van der Waals surface area (Å²) in [5.41, 5.74) is 1.35. The molecule has 30 heavy (non-hydrogen) atoms. The fraction of sp³-hybridized carbons (Fsp3) is 0.304. The van der Waals surface area contributed by atoms with Crippen LogP contribution in [0, 0.1) is 5.92 Å². The molecule has 2 aromatic carbocycles. The molecule has 3 aromatic rings. The van der Waals surface area contributed by atoms with Gasteiger partial charge in [-0.2, -0.15) is 0 Å². The maximum Gasteiger partial charge on any atom is 0.261 e. The van der Waals surface area contributed by atoms with Crippen LogP contribution in [0.25, 0.3) is 10.1 Å². The summed E-state index contributed by atoms with van der Waals surface area (Å²) in [6, 6.07) is 17.1. The van der Waals surface area contributed by atoms with Gasteiger partial charge >= 0.3 is 0 Å². The van der Waals surface area contributed by atoms with E-state index in [1.165, 1.54) is 24.2 Å². The van der Waals surface area contributed by atoms with E-state index in [1.54, 1.807) is 12.1 Å². The first-order valence-electron chi connectivity index (χ1n) is 10.1. The number of halogens is 1. The van der Waals surface area contributed by atoms with Crippen LogP contribution >= 0.6 is 23.7 Å². The highest BCUT2D eigenvalue weighted by Crippen LogP contribution is 2.30. The van der Waals surface area contributed by atoms with Crippen LogP contribution in [-0.2, 0) is 0 Å². The van der Waals surface area contributed by atoms with Gasteiger partial charge in [0.15, 0.2) is 0 Å². The van der Waals surface area contributed by atoms with E-state index < -0.39 is 0 Å². The van der Waals surface area contributed by atoms with Crippen LogP contribution < -0.4 is 10.6 Å². The van der Waals surface area contributed by atoms with E-state index in [0.29, 0.717) is 11.5 Å². The van der Waals surface area contributed by atoms with Crippen molar-refractivity contribution in [1.82, 2.24) is 10.2 Å². The Labute approximate surface area is 185 Å². The van der Waals surface area contributed by atoms with Crippen molar-refractivity contribution in [3.8, 4) is 0 Å². The number of carbonyl (C=O) groups excluding carboxylic acids is 2. The SMILES string of the molecule is Cl.O=C(Nc1ccc2sc(C(=O)N[C@H]3CN4CCC3CC4)cc2c1)c1ccccc1. The summed E-state index contributed by atoms with van der Waals surface area (Å²) in [6.45, 7) is 3.30. The molecule has 7 heteroatoms. The number of fused-ring (bicyclic) bond motifs is 4. The number of benzene rings is 2. The number of piperidine rings is 3. The minimum atomic E-state index is -0.138. The maximum atomic E-state index is 12.8. The molecule has 0 unspecified atom stereocenters. The first kappa shape index (κ1) is 20.8. The average molecular weight is 442 g/mol. The molecule has 4 heterocycles. The predicted molar refractivity (Wildman–Crippen MR) is 124 cm³/mol. The zero-order valence-corrected chi connectivity index (χ0v) is 18.1. The van der Waals surface area contributed by atoms with Gasteiger partial charge in [0.1, 0.15) is 0 Å².